The number of para-hydroxylation sites is 1. The molecule has 2 N–H and O–H groups in total. The molecule has 4 rings (SSSR count). The normalized spacial score (nSPS) is 21.6. The summed E-state index contributed by atoms with van der Waals surface area (Å²) >= 11 is 6.10. The number of likely N-dealkylation sites (N-methyl/N-ethyl adjacent to an activating group) is 1. The van der Waals surface area contributed by atoms with Crippen molar-refractivity contribution >= 4 is 29.5 Å². The van der Waals surface area contributed by atoms with Crippen LogP contribution in [-0.2, 0) is 4.79 Å². The number of carbonyl (C=O) groups excluding carboxylic acids is 2. The number of nitrogens with one attached hydrogen (secondary N) is 1. The summed E-state index contributed by atoms with van der Waals surface area (Å²) in [5, 5.41) is 17.9. The second-order valence-corrected chi connectivity index (χ2v) is 7.99. The minimum atomic E-state index is -0.965. The number of aliphatic hydroxyl groups is 1. The molecule has 3 atom stereocenters. The lowest BCUT2D eigenvalue weighted by Gasteiger charge is -2.36. The summed E-state index contributed by atoms with van der Waals surface area (Å²) in [5.41, 5.74) is 1.60. The van der Waals surface area contributed by atoms with E-state index in [1.165, 1.54) is 4.90 Å². The number of hydrogen-bond donors (Lipinski definition) is 2. The zero-order valence-electron chi connectivity index (χ0n) is 17.3. The fourth-order valence-electron chi connectivity index (χ4n) is 3.74. The van der Waals surface area contributed by atoms with E-state index in [-0.39, 0.29) is 13.2 Å². The van der Waals surface area contributed by atoms with Crippen molar-refractivity contribution in [1.82, 2.24) is 24.9 Å². The van der Waals surface area contributed by atoms with Crippen LogP contribution in [0.4, 0.5) is 4.79 Å². The van der Waals surface area contributed by atoms with Crippen molar-refractivity contribution in [3.8, 4) is 5.75 Å². The summed E-state index contributed by atoms with van der Waals surface area (Å²) in [5.74, 6) is 0.359. The molecule has 2 aliphatic heterocycles. The number of β-amino-alcohol motifs (C(OH)–C–C–N with tert-alkyl or cyclic N) is 1. The van der Waals surface area contributed by atoms with Crippen LogP contribution in [0.5, 0.6) is 5.75 Å². The third kappa shape index (κ3) is 3.96. The molecule has 3 unspecified atom stereocenters. The third-order valence-electron chi connectivity index (χ3n) is 5.21. The Morgan fingerprint density at radius 2 is 2.03 bits per heavy atom. The number of ether oxygens (including phenoxy) is 1. The van der Waals surface area contributed by atoms with Crippen LogP contribution in [0, 0.1) is 13.8 Å². The van der Waals surface area contributed by atoms with Gasteiger partial charge in [-0.1, -0.05) is 23.7 Å². The molecule has 31 heavy (non-hydrogen) atoms. The maximum atomic E-state index is 12.7. The number of aromatic nitrogens is 2. The van der Waals surface area contributed by atoms with Gasteiger partial charge >= 0.3 is 6.03 Å². The van der Waals surface area contributed by atoms with Gasteiger partial charge in [0.15, 0.2) is 12.2 Å². The van der Waals surface area contributed by atoms with Crippen LogP contribution in [-0.4, -0.2) is 81.1 Å². The molecular weight excluding hydrogens is 424 g/mol. The molecule has 3 heterocycles. The van der Waals surface area contributed by atoms with Gasteiger partial charge in [-0.25, -0.2) is 14.5 Å². The molecule has 1 saturated heterocycles. The molecule has 1 aromatic carbocycles. The molecule has 164 valence electrons. The van der Waals surface area contributed by atoms with Gasteiger partial charge in [-0.3, -0.25) is 10.1 Å². The lowest BCUT2D eigenvalue weighted by molar-refractivity contribution is -0.127. The second kappa shape index (κ2) is 8.20. The number of benzene rings is 1. The molecule has 1 fully saturated rings. The highest BCUT2D eigenvalue weighted by atomic mass is 35.5. The van der Waals surface area contributed by atoms with Gasteiger partial charge in [-0.2, -0.15) is 5.10 Å². The van der Waals surface area contributed by atoms with E-state index < -0.39 is 30.2 Å². The monoisotopic (exact) mass is 446 g/mol. The molecule has 0 aliphatic carbocycles. The summed E-state index contributed by atoms with van der Waals surface area (Å²) in [6, 6.07) is 7.54. The van der Waals surface area contributed by atoms with Gasteiger partial charge in [0.25, 0.3) is 5.91 Å². The number of hydrogen-bond acceptors (Lipinski definition) is 7. The Hall–Kier alpha value is -3.11. The van der Waals surface area contributed by atoms with Gasteiger partial charge in [-0.05, 0) is 32.0 Å². The SMILES string of the molecule is Cc1cc(C)n(C2=NC3C(C(=O)NC(=O)N3C)N2CC(O)COc2ccccc2Cl)n1. The van der Waals surface area contributed by atoms with Crippen LogP contribution < -0.4 is 10.1 Å². The van der Waals surface area contributed by atoms with E-state index in [1.54, 1.807) is 40.9 Å². The number of imide groups is 1. The first-order chi connectivity index (χ1) is 14.8. The quantitative estimate of drug-likeness (QED) is 0.708. The molecule has 10 nitrogen and oxygen atoms in total. The zero-order chi connectivity index (χ0) is 22.3. The van der Waals surface area contributed by atoms with Crippen molar-refractivity contribution in [2.45, 2.75) is 32.2 Å². The number of aryl methyl sites for hydroxylation is 2. The number of amides is 3. The molecule has 3 amide bonds. The van der Waals surface area contributed by atoms with Crippen LogP contribution in [0.15, 0.2) is 35.3 Å². The Morgan fingerprint density at radius 1 is 1.29 bits per heavy atom. The summed E-state index contributed by atoms with van der Waals surface area (Å²) in [7, 11) is 1.57. The van der Waals surface area contributed by atoms with Crippen molar-refractivity contribution in [3.05, 3.63) is 46.7 Å². The van der Waals surface area contributed by atoms with Gasteiger partial charge in [-0.15, -0.1) is 0 Å². The maximum absolute atomic E-state index is 12.7. The van der Waals surface area contributed by atoms with Crippen molar-refractivity contribution in [2.24, 2.45) is 4.99 Å². The molecular formula is C20H23ClN6O4. The highest BCUT2D eigenvalue weighted by Crippen LogP contribution is 2.26. The van der Waals surface area contributed by atoms with Crippen LogP contribution >= 0.6 is 11.6 Å². The van der Waals surface area contributed by atoms with Crippen LogP contribution in [0.25, 0.3) is 0 Å². The van der Waals surface area contributed by atoms with Crippen molar-refractivity contribution < 1.29 is 19.4 Å². The fraction of sp³-hybridized carbons (Fsp3) is 0.400. The predicted molar refractivity (Wildman–Crippen MR) is 113 cm³/mol. The Bertz CT molecular complexity index is 1050. The van der Waals surface area contributed by atoms with E-state index in [2.05, 4.69) is 15.4 Å². The third-order valence-corrected chi connectivity index (χ3v) is 5.53. The molecule has 11 heteroatoms. The lowest BCUT2D eigenvalue weighted by atomic mass is 10.1. The number of urea groups is 1. The largest absolute Gasteiger partial charge is 0.489 e. The summed E-state index contributed by atoms with van der Waals surface area (Å²) in [6.07, 6.45) is -1.69. The van der Waals surface area contributed by atoms with Crippen molar-refractivity contribution in [1.29, 1.82) is 0 Å². The van der Waals surface area contributed by atoms with Crippen molar-refractivity contribution in [3.63, 3.8) is 0 Å². The van der Waals surface area contributed by atoms with Gasteiger partial charge in [0, 0.05) is 12.7 Å². The number of aliphatic hydroxyl groups excluding tert-OH is 1. The summed E-state index contributed by atoms with van der Waals surface area (Å²) in [4.78, 5) is 32.4. The number of halogens is 1. The van der Waals surface area contributed by atoms with E-state index in [4.69, 9.17) is 16.3 Å². The number of nitrogens with zero attached hydrogens (tertiary/aromatic N) is 5. The average molecular weight is 447 g/mol. The number of rotatable bonds is 5. The minimum absolute atomic E-state index is 0.0399. The Labute approximate surface area is 184 Å². The van der Waals surface area contributed by atoms with E-state index >= 15 is 0 Å². The molecule has 1 aromatic heterocycles. The minimum Gasteiger partial charge on any atom is -0.489 e. The predicted octanol–water partition coefficient (Wildman–Crippen LogP) is 0.989. The molecule has 0 spiro atoms. The first-order valence-corrected chi connectivity index (χ1v) is 10.1. The molecule has 0 saturated carbocycles. The van der Waals surface area contributed by atoms with E-state index in [0.717, 1.165) is 11.4 Å². The summed E-state index contributed by atoms with van der Waals surface area (Å²) < 4.78 is 7.25. The zero-order valence-corrected chi connectivity index (χ0v) is 18.1. The summed E-state index contributed by atoms with van der Waals surface area (Å²) in [6.45, 7) is 3.72. The van der Waals surface area contributed by atoms with E-state index in [1.807, 2.05) is 19.9 Å². The lowest BCUT2D eigenvalue weighted by Crippen LogP contribution is -2.64. The topological polar surface area (TPSA) is 112 Å². The van der Waals surface area contributed by atoms with Crippen molar-refractivity contribution in [2.75, 3.05) is 20.2 Å². The van der Waals surface area contributed by atoms with Crippen LogP contribution in [0.1, 0.15) is 11.4 Å². The Kier molecular flexibility index (Phi) is 5.59. The standard InChI is InChI=1S/C20H23ClN6O4/c1-11-8-12(2)27(24-11)19-22-17-16(18(29)23-20(30)25(17)3)26(19)9-13(28)10-31-15-7-5-4-6-14(15)21/h4-8,13,16-17,28H,9-10H2,1-3H3,(H,23,29,30). The Balaban J connectivity index is 1.59. The second-order valence-electron chi connectivity index (χ2n) is 7.58. The van der Waals surface area contributed by atoms with Crippen LogP contribution in [0.2, 0.25) is 5.02 Å². The fourth-order valence-corrected chi connectivity index (χ4v) is 3.93. The molecule has 2 aliphatic rings. The highest BCUT2D eigenvalue weighted by molar-refractivity contribution is 6.32. The van der Waals surface area contributed by atoms with Gasteiger partial charge in [0.1, 0.15) is 18.5 Å². The number of fused-ring (bicyclic) bond motifs is 1. The molecule has 0 bridgehead atoms. The first-order valence-electron chi connectivity index (χ1n) is 9.77. The number of carbonyl (C=O) groups is 2. The Morgan fingerprint density at radius 3 is 2.71 bits per heavy atom. The highest BCUT2D eigenvalue weighted by Gasteiger charge is 2.49. The van der Waals surface area contributed by atoms with E-state index in [0.29, 0.717) is 16.7 Å². The smallest absolute Gasteiger partial charge is 0.325 e. The number of aliphatic imine (C=N–C) groups is 1. The average Bonchev–Trinajstić information content (AvgIpc) is 3.25. The first kappa shape index (κ1) is 21.1. The molecule has 2 aromatic rings. The molecule has 0 radical (unpaired) electrons. The van der Waals surface area contributed by atoms with Gasteiger partial charge in [0.2, 0.25) is 5.96 Å². The van der Waals surface area contributed by atoms with Gasteiger partial charge in [0.05, 0.1) is 17.3 Å². The maximum Gasteiger partial charge on any atom is 0.325 e. The van der Waals surface area contributed by atoms with Crippen LogP contribution in [0.3, 0.4) is 0 Å². The van der Waals surface area contributed by atoms with E-state index in [9.17, 15) is 14.7 Å². The van der Waals surface area contributed by atoms with Gasteiger partial charge < -0.3 is 19.6 Å².